The number of esters is 1. The first-order chi connectivity index (χ1) is 15.2. The number of nitrogens with zero attached hydrogens (tertiary/aromatic N) is 1. The third-order valence-corrected chi connectivity index (χ3v) is 4.62. The molecule has 0 aliphatic carbocycles. The number of hydrogen-bond donors (Lipinski definition) is 3. The van der Waals surface area contributed by atoms with Crippen LogP contribution >= 0.6 is 0 Å². The molecule has 0 radical (unpaired) electrons. The maximum atomic E-state index is 12.7. The Balaban J connectivity index is 2.05. The summed E-state index contributed by atoms with van der Waals surface area (Å²) in [5.74, 6) is -1.43. The van der Waals surface area contributed by atoms with Crippen LogP contribution in [0.5, 0.6) is 5.75 Å². The summed E-state index contributed by atoms with van der Waals surface area (Å²) in [5.41, 5.74) is 7.49. The van der Waals surface area contributed by atoms with Crippen LogP contribution in [0.25, 0.3) is 6.08 Å². The summed E-state index contributed by atoms with van der Waals surface area (Å²) in [6.07, 6.45) is 2.32. The number of nitrogens with one attached hydrogen (secondary N) is 1. The van der Waals surface area contributed by atoms with Crippen LogP contribution in [0.15, 0.2) is 54.1 Å². The van der Waals surface area contributed by atoms with Crippen LogP contribution in [0.2, 0.25) is 0 Å². The number of amides is 1. The Labute approximate surface area is 186 Å². The number of aliphatic carboxylic acids is 1. The molecule has 8 nitrogen and oxygen atoms in total. The number of nitrogens with two attached hydrogens (primary N) is 1. The molecule has 0 aromatic heterocycles. The molecule has 0 spiro atoms. The third-order valence-electron chi connectivity index (χ3n) is 4.62. The lowest BCUT2D eigenvalue weighted by atomic mass is 10.1. The molecule has 0 heterocycles. The number of carboxylic acid groups (broad SMARTS) is 1. The van der Waals surface area contributed by atoms with Gasteiger partial charge in [-0.05, 0) is 61.4 Å². The SMILES string of the molecule is CCCN(CCC(=O)O)C(=O)C(C)=Cc1ccc(C(=O)Oc2ccc(C(=N)N)cc2)cc1. The summed E-state index contributed by atoms with van der Waals surface area (Å²) in [7, 11) is 0. The van der Waals surface area contributed by atoms with Crippen molar-refractivity contribution in [1.29, 1.82) is 5.41 Å². The Morgan fingerprint density at radius 3 is 2.16 bits per heavy atom. The van der Waals surface area contributed by atoms with E-state index in [1.54, 1.807) is 61.5 Å². The number of rotatable bonds is 10. The average molecular weight is 437 g/mol. The number of carbonyl (C=O) groups is 3. The van der Waals surface area contributed by atoms with E-state index in [0.29, 0.717) is 29.0 Å². The first-order valence-corrected chi connectivity index (χ1v) is 10.2. The van der Waals surface area contributed by atoms with E-state index in [1.165, 1.54) is 4.90 Å². The van der Waals surface area contributed by atoms with Gasteiger partial charge in [0.05, 0.1) is 12.0 Å². The minimum atomic E-state index is -0.946. The van der Waals surface area contributed by atoms with Gasteiger partial charge in [-0.1, -0.05) is 19.1 Å². The highest BCUT2D eigenvalue weighted by Gasteiger charge is 2.16. The van der Waals surface area contributed by atoms with Gasteiger partial charge in [-0.2, -0.15) is 0 Å². The van der Waals surface area contributed by atoms with Crippen LogP contribution in [0.3, 0.4) is 0 Å². The van der Waals surface area contributed by atoms with Crippen LogP contribution in [-0.4, -0.2) is 46.8 Å². The monoisotopic (exact) mass is 437 g/mol. The molecule has 0 bridgehead atoms. The number of carbonyl (C=O) groups excluding carboxylic acids is 2. The predicted molar refractivity (Wildman–Crippen MR) is 122 cm³/mol. The maximum Gasteiger partial charge on any atom is 0.343 e. The summed E-state index contributed by atoms with van der Waals surface area (Å²) in [5, 5.41) is 16.3. The molecule has 1 amide bonds. The molecule has 0 aliphatic rings. The Morgan fingerprint density at radius 2 is 1.62 bits per heavy atom. The van der Waals surface area contributed by atoms with Crippen molar-refractivity contribution < 1.29 is 24.2 Å². The molecule has 2 aromatic rings. The highest BCUT2D eigenvalue weighted by Crippen LogP contribution is 2.16. The van der Waals surface area contributed by atoms with Gasteiger partial charge >= 0.3 is 11.9 Å². The van der Waals surface area contributed by atoms with E-state index in [1.807, 2.05) is 6.92 Å². The first-order valence-electron chi connectivity index (χ1n) is 10.2. The second kappa shape index (κ2) is 11.5. The summed E-state index contributed by atoms with van der Waals surface area (Å²) in [6, 6.07) is 12.9. The second-order valence-electron chi connectivity index (χ2n) is 7.21. The standard InChI is InChI=1S/C24H27N3O5/c1-3-13-27(14-12-21(28)29)23(30)16(2)15-17-4-6-19(7-5-17)24(31)32-20-10-8-18(9-11-20)22(25)26/h4-11,15H,3,12-14H2,1-2H3,(H3,25,26)(H,28,29). The molecule has 4 N–H and O–H groups in total. The summed E-state index contributed by atoms with van der Waals surface area (Å²) in [6.45, 7) is 4.25. The number of benzene rings is 2. The molecule has 0 saturated carbocycles. The van der Waals surface area contributed by atoms with Crippen molar-refractivity contribution in [2.45, 2.75) is 26.7 Å². The van der Waals surface area contributed by atoms with Crippen molar-refractivity contribution in [3.8, 4) is 5.75 Å². The zero-order chi connectivity index (χ0) is 23.7. The molecular formula is C24H27N3O5. The van der Waals surface area contributed by atoms with Gasteiger partial charge in [0.15, 0.2) is 0 Å². The number of nitrogen functional groups attached to an aromatic ring is 1. The average Bonchev–Trinajstić information content (AvgIpc) is 2.76. The van der Waals surface area contributed by atoms with Crippen molar-refractivity contribution in [2.24, 2.45) is 5.73 Å². The normalized spacial score (nSPS) is 11.0. The van der Waals surface area contributed by atoms with E-state index >= 15 is 0 Å². The minimum Gasteiger partial charge on any atom is -0.481 e. The number of hydrogen-bond acceptors (Lipinski definition) is 5. The van der Waals surface area contributed by atoms with Gasteiger partial charge in [0, 0.05) is 24.2 Å². The minimum absolute atomic E-state index is 0.0694. The zero-order valence-electron chi connectivity index (χ0n) is 18.1. The van der Waals surface area contributed by atoms with Gasteiger partial charge in [-0.15, -0.1) is 0 Å². The lowest BCUT2D eigenvalue weighted by molar-refractivity contribution is -0.138. The summed E-state index contributed by atoms with van der Waals surface area (Å²) < 4.78 is 5.32. The van der Waals surface area contributed by atoms with Crippen LogP contribution in [0.1, 0.15) is 48.2 Å². The number of ether oxygens (including phenoxy) is 1. The molecular weight excluding hydrogens is 410 g/mol. The fraction of sp³-hybridized carbons (Fsp3) is 0.250. The molecule has 0 saturated heterocycles. The molecule has 8 heteroatoms. The predicted octanol–water partition coefficient (Wildman–Crippen LogP) is 3.31. The van der Waals surface area contributed by atoms with Gasteiger partial charge in [-0.25, -0.2) is 4.79 Å². The Bertz CT molecular complexity index is 1010. The fourth-order valence-electron chi connectivity index (χ4n) is 2.96. The fourth-order valence-corrected chi connectivity index (χ4v) is 2.96. The smallest absolute Gasteiger partial charge is 0.343 e. The molecule has 32 heavy (non-hydrogen) atoms. The van der Waals surface area contributed by atoms with E-state index < -0.39 is 11.9 Å². The lowest BCUT2D eigenvalue weighted by Gasteiger charge is -2.21. The molecule has 2 aromatic carbocycles. The first kappa shape index (κ1) is 24.3. The third kappa shape index (κ3) is 7.09. The van der Waals surface area contributed by atoms with Gasteiger partial charge in [0.2, 0.25) is 5.91 Å². The molecule has 0 aliphatic heterocycles. The topological polar surface area (TPSA) is 134 Å². The molecule has 0 unspecified atom stereocenters. The van der Waals surface area contributed by atoms with Crippen LogP contribution in [0, 0.1) is 5.41 Å². The Hall–Kier alpha value is -3.94. The lowest BCUT2D eigenvalue weighted by Crippen LogP contribution is -2.34. The zero-order valence-corrected chi connectivity index (χ0v) is 18.1. The maximum absolute atomic E-state index is 12.7. The molecule has 2 rings (SSSR count). The largest absolute Gasteiger partial charge is 0.481 e. The van der Waals surface area contributed by atoms with Crippen molar-refractivity contribution in [2.75, 3.05) is 13.1 Å². The van der Waals surface area contributed by atoms with Gasteiger partial charge in [-0.3, -0.25) is 15.0 Å². The van der Waals surface area contributed by atoms with E-state index in [9.17, 15) is 14.4 Å². The second-order valence-corrected chi connectivity index (χ2v) is 7.21. The summed E-state index contributed by atoms with van der Waals surface area (Å²) >= 11 is 0. The number of amidine groups is 1. The highest BCUT2D eigenvalue weighted by molar-refractivity contribution is 5.98. The molecule has 168 valence electrons. The van der Waals surface area contributed by atoms with Gasteiger partial charge in [0.25, 0.3) is 0 Å². The van der Waals surface area contributed by atoms with E-state index in [4.69, 9.17) is 21.0 Å². The molecule has 0 atom stereocenters. The van der Waals surface area contributed by atoms with Crippen molar-refractivity contribution in [3.05, 3.63) is 70.8 Å². The van der Waals surface area contributed by atoms with E-state index in [-0.39, 0.29) is 24.7 Å². The van der Waals surface area contributed by atoms with E-state index in [2.05, 4.69) is 0 Å². The quantitative estimate of drug-likeness (QED) is 0.172. The van der Waals surface area contributed by atoms with Crippen molar-refractivity contribution in [3.63, 3.8) is 0 Å². The Kier molecular flexibility index (Phi) is 8.71. The Morgan fingerprint density at radius 1 is 1.03 bits per heavy atom. The van der Waals surface area contributed by atoms with Crippen LogP contribution in [0.4, 0.5) is 0 Å². The van der Waals surface area contributed by atoms with E-state index in [0.717, 1.165) is 12.0 Å². The van der Waals surface area contributed by atoms with Crippen molar-refractivity contribution >= 4 is 29.8 Å². The van der Waals surface area contributed by atoms with Crippen molar-refractivity contribution in [1.82, 2.24) is 4.90 Å². The summed E-state index contributed by atoms with van der Waals surface area (Å²) in [4.78, 5) is 37.4. The van der Waals surface area contributed by atoms with Gasteiger partial charge < -0.3 is 20.5 Å². The van der Waals surface area contributed by atoms with Gasteiger partial charge in [0.1, 0.15) is 11.6 Å². The number of carboxylic acids is 1. The van der Waals surface area contributed by atoms with Crippen LogP contribution in [-0.2, 0) is 9.59 Å². The highest BCUT2D eigenvalue weighted by atomic mass is 16.5. The van der Waals surface area contributed by atoms with Crippen LogP contribution < -0.4 is 10.5 Å². The molecule has 0 fully saturated rings.